The minimum atomic E-state index is -0.293. The molecule has 2 aromatic rings. The lowest BCUT2D eigenvalue weighted by Gasteiger charge is -2.29. The van der Waals surface area contributed by atoms with Crippen LogP contribution >= 0.6 is 12.4 Å². The summed E-state index contributed by atoms with van der Waals surface area (Å²) in [4.78, 5) is 12.4. The Kier molecular flexibility index (Phi) is 4.92. The third-order valence-corrected chi connectivity index (χ3v) is 4.77. The number of furan rings is 1. The zero-order valence-electron chi connectivity index (χ0n) is 13.1. The molecule has 6 heteroatoms. The summed E-state index contributed by atoms with van der Waals surface area (Å²) in [5, 5.41) is 6.64. The van der Waals surface area contributed by atoms with Gasteiger partial charge in [0.25, 0.3) is 5.91 Å². The fourth-order valence-corrected chi connectivity index (χ4v) is 3.66. The summed E-state index contributed by atoms with van der Waals surface area (Å²) in [6.45, 7) is 0. The highest BCUT2D eigenvalue weighted by Crippen LogP contribution is 2.27. The molecule has 0 spiro atoms. The molecule has 2 saturated heterocycles. The first-order valence-corrected chi connectivity index (χ1v) is 8.10. The summed E-state index contributed by atoms with van der Waals surface area (Å²) in [5.41, 5.74) is 0.755. The Balaban J connectivity index is 0.00000169. The quantitative estimate of drug-likeness (QED) is 0.890. The molecule has 1 amide bonds. The number of piperidine rings is 1. The molecule has 2 N–H and O–H groups in total. The van der Waals surface area contributed by atoms with Crippen LogP contribution < -0.4 is 10.6 Å². The Morgan fingerprint density at radius 3 is 2.42 bits per heavy atom. The van der Waals surface area contributed by atoms with Gasteiger partial charge in [0.15, 0.2) is 5.76 Å². The van der Waals surface area contributed by atoms with E-state index in [2.05, 4.69) is 10.6 Å². The van der Waals surface area contributed by atoms with E-state index in [1.54, 1.807) is 24.3 Å². The number of hydrogen-bond acceptors (Lipinski definition) is 3. The standard InChI is InChI=1S/C18H19FN2O2.ClH/c19-12-3-1-11(2-4-12)16-7-8-17(23-16)18(22)21-15-9-13-5-6-14(10-15)20-13;/h1-4,7-8,13-15,20H,5-6,9-10H2,(H,21,22);1H. The minimum Gasteiger partial charge on any atom is -0.451 e. The Morgan fingerprint density at radius 1 is 1.08 bits per heavy atom. The van der Waals surface area contributed by atoms with Gasteiger partial charge in [-0.2, -0.15) is 0 Å². The highest BCUT2D eigenvalue weighted by atomic mass is 35.5. The fraction of sp³-hybridized carbons (Fsp3) is 0.389. The van der Waals surface area contributed by atoms with Crippen LogP contribution in [-0.2, 0) is 0 Å². The Labute approximate surface area is 146 Å². The van der Waals surface area contributed by atoms with Crippen LogP contribution in [0.4, 0.5) is 4.39 Å². The molecule has 1 aromatic carbocycles. The van der Waals surface area contributed by atoms with E-state index in [0.29, 0.717) is 23.6 Å². The van der Waals surface area contributed by atoms with Crippen LogP contribution in [0.25, 0.3) is 11.3 Å². The highest BCUT2D eigenvalue weighted by Gasteiger charge is 2.34. The summed E-state index contributed by atoms with van der Waals surface area (Å²) in [6, 6.07) is 10.7. The maximum Gasteiger partial charge on any atom is 0.287 e. The van der Waals surface area contributed by atoms with E-state index >= 15 is 0 Å². The van der Waals surface area contributed by atoms with Crippen LogP contribution in [0, 0.1) is 5.82 Å². The molecule has 2 aliphatic heterocycles. The van der Waals surface area contributed by atoms with Gasteiger partial charge in [-0.3, -0.25) is 4.79 Å². The van der Waals surface area contributed by atoms with Gasteiger partial charge in [0.2, 0.25) is 0 Å². The second-order valence-corrected chi connectivity index (χ2v) is 6.45. The second kappa shape index (κ2) is 6.95. The van der Waals surface area contributed by atoms with Crippen molar-refractivity contribution in [3.63, 3.8) is 0 Å². The summed E-state index contributed by atoms with van der Waals surface area (Å²) in [7, 11) is 0. The lowest BCUT2D eigenvalue weighted by atomic mass is 10.00. The third kappa shape index (κ3) is 3.47. The molecular weight excluding hydrogens is 331 g/mol. The van der Waals surface area contributed by atoms with Crippen LogP contribution in [0.15, 0.2) is 40.8 Å². The van der Waals surface area contributed by atoms with Gasteiger partial charge in [0, 0.05) is 23.7 Å². The van der Waals surface area contributed by atoms with E-state index in [9.17, 15) is 9.18 Å². The minimum absolute atomic E-state index is 0. The predicted octanol–water partition coefficient (Wildman–Crippen LogP) is 3.52. The van der Waals surface area contributed by atoms with Crippen LogP contribution in [0.1, 0.15) is 36.2 Å². The molecular formula is C18H20ClFN2O2. The normalized spacial score (nSPS) is 25.1. The van der Waals surface area contributed by atoms with Crippen molar-refractivity contribution in [2.24, 2.45) is 0 Å². The van der Waals surface area contributed by atoms with Crippen molar-refractivity contribution in [1.29, 1.82) is 0 Å². The Morgan fingerprint density at radius 2 is 1.75 bits per heavy atom. The summed E-state index contributed by atoms with van der Waals surface area (Å²) < 4.78 is 18.6. The predicted molar refractivity (Wildman–Crippen MR) is 91.8 cm³/mol. The number of hydrogen-bond donors (Lipinski definition) is 2. The SMILES string of the molecule is Cl.O=C(NC1CC2CCC(C1)N2)c1ccc(-c2ccc(F)cc2)o1. The van der Waals surface area contributed by atoms with Gasteiger partial charge < -0.3 is 15.1 Å². The highest BCUT2D eigenvalue weighted by molar-refractivity contribution is 5.92. The van der Waals surface area contributed by atoms with E-state index in [0.717, 1.165) is 18.4 Å². The van der Waals surface area contributed by atoms with Crippen molar-refractivity contribution in [2.45, 2.75) is 43.8 Å². The van der Waals surface area contributed by atoms with Crippen molar-refractivity contribution in [3.8, 4) is 11.3 Å². The molecule has 2 fully saturated rings. The second-order valence-electron chi connectivity index (χ2n) is 6.45. The van der Waals surface area contributed by atoms with E-state index in [1.165, 1.54) is 25.0 Å². The molecule has 1 aromatic heterocycles. The molecule has 4 nitrogen and oxygen atoms in total. The number of halogens is 2. The number of amides is 1. The lowest BCUT2D eigenvalue weighted by molar-refractivity contribution is 0.0896. The van der Waals surface area contributed by atoms with Gasteiger partial charge in [0.1, 0.15) is 11.6 Å². The van der Waals surface area contributed by atoms with Gasteiger partial charge in [0.05, 0.1) is 0 Å². The molecule has 2 unspecified atom stereocenters. The van der Waals surface area contributed by atoms with E-state index in [1.807, 2.05) is 0 Å². The van der Waals surface area contributed by atoms with Crippen molar-refractivity contribution in [1.82, 2.24) is 10.6 Å². The van der Waals surface area contributed by atoms with Gasteiger partial charge in [-0.15, -0.1) is 12.4 Å². The zero-order valence-corrected chi connectivity index (χ0v) is 13.9. The van der Waals surface area contributed by atoms with Crippen LogP contribution in [-0.4, -0.2) is 24.0 Å². The zero-order chi connectivity index (χ0) is 15.8. The van der Waals surface area contributed by atoms with Crippen molar-refractivity contribution >= 4 is 18.3 Å². The van der Waals surface area contributed by atoms with Crippen LogP contribution in [0.3, 0.4) is 0 Å². The Hall–Kier alpha value is -1.85. The number of rotatable bonds is 3. The number of benzene rings is 1. The summed E-state index contributed by atoms with van der Waals surface area (Å²) in [6.07, 6.45) is 4.36. The molecule has 2 aliphatic rings. The van der Waals surface area contributed by atoms with Gasteiger partial charge in [-0.1, -0.05) is 0 Å². The van der Waals surface area contributed by atoms with E-state index in [-0.39, 0.29) is 30.2 Å². The molecule has 3 heterocycles. The topological polar surface area (TPSA) is 54.3 Å². The fourth-order valence-electron chi connectivity index (χ4n) is 3.66. The third-order valence-electron chi connectivity index (χ3n) is 4.77. The first kappa shape index (κ1) is 17.0. The molecule has 128 valence electrons. The van der Waals surface area contributed by atoms with Gasteiger partial charge in [-0.05, 0) is 62.1 Å². The number of nitrogens with one attached hydrogen (secondary N) is 2. The first-order chi connectivity index (χ1) is 11.2. The van der Waals surface area contributed by atoms with Crippen molar-refractivity contribution in [2.75, 3.05) is 0 Å². The molecule has 2 atom stereocenters. The lowest BCUT2D eigenvalue weighted by Crippen LogP contribution is -2.47. The number of fused-ring (bicyclic) bond motifs is 2. The molecule has 0 aliphatic carbocycles. The number of carbonyl (C=O) groups is 1. The van der Waals surface area contributed by atoms with E-state index < -0.39 is 0 Å². The average molecular weight is 351 g/mol. The number of carbonyl (C=O) groups excluding carboxylic acids is 1. The molecule has 0 radical (unpaired) electrons. The molecule has 4 rings (SSSR count). The average Bonchev–Trinajstić information content (AvgIpc) is 3.15. The molecule has 0 saturated carbocycles. The summed E-state index contributed by atoms with van der Waals surface area (Å²) >= 11 is 0. The first-order valence-electron chi connectivity index (χ1n) is 8.10. The van der Waals surface area contributed by atoms with Gasteiger partial charge >= 0.3 is 0 Å². The van der Waals surface area contributed by atoms with Crippen molar-refractivity contribution in [3.05, 3.63) is 48.0 Å². The smallest absolute Gasteiger partial charge is 0.287 e. The molecule has 24 heavy (non-hydrogen) atoms. The van der Waals surface area contributed by atoms with Crippen LogP contribution in [0.2, 0.25) is 0 Å². The van der Waals surface area contributed by atoms with Crippen molar-refractivity contribution < 1.29 is 13.6 Å². The van der Waals surface area contributed by atoms with Crippen LogP contribution in [0.5, 0.6) is 0 Å². The largest absolute Gasteiger partial charge is 0.451 e. The molecule has 2 bridgehead atoms. The summed E-state index contributed by atoms with van der Waals surface area (Å²) in [5.74, 6) is 0.402. The maximum atomic E-state index is 13.0. The Bertz CT molecular complexity index is 704. The maximum absolute atomic E-state index is 13.0. The van der Waals surface area contributed by atoms with E-state index in [4.69, 9.17) is 4.42 Å². The van der Waals surface area contributed by atoms with Gasteiger partial charge in [-0.25, -0.2) is 4.39 Å². The monoisotopic (exact) mass is 350 g/mol.